The zero-order valence-electron chi connectivity index (χ0n) is 18.3. The zero-order valence-corrected chi connectivity index (χ0v) is 18.3. The van der Waals surface area contributed by atoms with E-state index in [-0.39, 0.29) is 11.9 Å². The van der Waals surface area contributed by atoms with E-state index in [1.54, 1.807) is 0 Å². The van der Waals surface area contributed by atoms with Crippen molar-refractivity contribution in [3.63, 3.8) is 0 Å². The molecule has 3 fully saturated rings. The lowest BCUT2D eigenvalue weighted by Gasteiger charge is -2.38. The van der Waals surface area contributed by atoms with Gasteiger partial charge in [0, 0.05) is 38.8 Å². The molecular formula is C24H35N3O3. The number of piperazine rings is 1. The summed E-state index contributed by atoms with van der Waals surface area (Å²) in [5.41, 5.74) is 1.25. The highest BCUT2D eigenvalue weighted by molar-refractivity contribution is 5.81. The molecule has 5 atom stereocenters. The predicted molar refractivity (Wildman–Crippen MR) is 115 cm³/mol. The molecule has 1 N–H and O–H groups in total. The molecule has 0 spiro atoms. The van der Waals surface area contributed by atoms with Gasteiger partial charge in [-0.05, 0) is 68.6 Å². The Bertz CT molecular complexity index is 777. The molecule has 1 aromatic carbocycles. The third-order valence-electron chi connectivity index (χ3n) is 7.98. The lowest BCUT2D eigenvalue weighted by Crippen LogP contribution is -2.55. The fraction of sp³-hybridized carbons (Fsp3) is 0.708. The van der Waals surface area contributed by atoms with Crippen molar-refractivity contribution in [1.29, 1.82) is 0 Å². The first-order valence-electron chi connectivity index (χ1n) is 11.7. The van der Waals surface area contributed by atoms with Crippen LogP contribution < -0.4 is 14.8 Å². The number of rotatable bonds is 6. The Kier molecular flexibility index (Phi) is 5.63. The fourth-order valence-electron chi connectivity index (χ4n) is 6.13. The van der Waals surface area contributed by atoms with Crippen LogP contribution in [0.4, 0.5) is 0 Å². The van der Waals surface area contributed by atoms with Crippen molar-refractivity contribution in [3.8, 4) is 11.5 Å². The van der Waals surface area contributed by atoms with Gasteiger partial charge >= 0.3 is 0 Å². The number of carbonyl (C=O) groups is 1. The molecule has 2 heterocycles. The summed E-state index contributed by atoms with van der Waals surface area (Å²) in [6, 6.07) is 6.45. The summed E-state index contributed by atoms with van der Waals surface area (Å²) in [6.45, 7) is 9.34. The summed E-state index contributed by atoms with van der Waals surface area (Å²) in [7, 11) is 0. The van der Waals surface area contributed by atoms with Crippen molar-refractivity contribution >= 4 is 5.91 Å². The van der Waals surface area contributed by atoms with E-state index >= 15 is 0 Å². The van der Waals surface area contributed by atoms with E-state index in [2.05, 4.69) is 41.1 Å². The van der Waals surface area contributed by atoms with Gasteiger partial charge in [-0.3, -0.25) is 14.6 Å². The van der Waals surface area contributed by atoms with Crippen LogP contribution in [0.15, 0.2) is 18.2 Å². The Hall–Kier alpha value is -1.79. The molecule has 30 heavy (non-hydrogen) atoms. The zero-order chi connectivity index (χ0) is 20.7. The first kappa shape index (κ1) is 20.1. The molecule has 164 valence electrons. The molecule has 6 nitrogen and oxygen atoms in total. The average molecular weight is 414 g/mol. The van der Waals surface area contributed by atoms with Gasteiger partial charge in [-0.2, -0.15) is 0 Å². The highest BCUT2D eigenvalue weighted by atomic mass is 16.7. The Balaban J connectivity index is 1.08. The number of carbonyl (C=O) groups excluding carboxylic acids is 1. The van der Waals surface area contributed by atoms with E-state index in [1.807, 2.05) is 6.07 Å². The van der Waals surface area contributed by atoms with Crippen LogP contribution >= 0.6 is 0 Å². The lowest BCUT2D eigenvalue weighted by molar-refractivity contribution is -0.127. The quantitative estimate of drug-likeness (QED) is 0.777. The van der Waals surface area contributed by atoms with Gasteiger partial charge in [0.2, 0.25) is 12.7 Å². The van der Waals surface area contributed by atoms with Gasteiger partial charge in [0.15, 0.2) is 11.5 Å². The van der Waals surface area contributed by atoms with Crippen LogP contribution in [0.2, 0.25) is 0 Å². The summed E-state index contributed by atoms with van der Waals surface area (Å²) in [5.74, 6) is 4.35. The van der Waals surface area contributed by atoms with Crippen LogP contribution in [0.5, 0.6) is 11.5 Å². The maximum Gasteiger partial charge on any atom is 0.237 e. The maximum atomic E-state index is 12.9. The van der Waals surface area contributed by atoms with E-state index in [0.29, 0.717) is 18.8 Å². The van der Waals surface area contributed by atoms with E-state index in [4.69, 9.17) is 9.47 Å². The van der Waals surface area contributed by atoms with Crippen LogP contribution in [0.25, 0.3) is 0 Å². The molecule has 1 amide bonds. The number of amides is 1. The predicted octanol–water partition coefficient (Wildman–Crippen LogP) is 2.86. The average Bonchev–Trinajstić information content (AvgIpc) is 3.50. The molecule has 0 radical (unpaired) electrons. The summed E-state index contributed by atoms with van der Waals surface area (Å²) < 4.78 is 10.9. The summed E-state index contributed by atoms with van der Waals surface area (Å²) in [4.78, 5) is 17.7. The van der Waals surface area contributed by atoms with Crippen LogP contribution in [-0.2, 0) is 11.3 Å². The maximum absolute atomic E-state index is 12.9. The monoisotopic (exact) mass is 413 g/mol. The highest BCUT2D eigenvalue weighted by Gasteiger charge is 2.42. The van der Waals surface area contributed by atoms with E-state index < -0.39 is 0 Å². The third kappa shape index (κ3) is 4.04. The summed E-state index contributed by atoms with van der Waals surface area (Å²) in [6.07, 6.45) is 5.50. The van der Waals surface area contributed by atoms with E-state index in [9.17, 15) is 4.79 Å². The van der Waals surface area contributed by atoms with Gasteiger partial charge in [-0.25, -0.2) is 0 Å². The van der Waals surface area contributed by atoms with Crippen molar-refractivity contribution in [2.45, 2.75) is 58.2 Å². The largest absolute Gasteiger partial charge is 0.454 e. The Morgan fingerprint density at radius 3 is 2.63 bits per heavy atom. The second-order valence-corrected chi connectivity index (χ2v) is 9.81. The summed E-state index contributed by atoms with van der Waals surface area (Å²) in [5, 5.41) is 3.36. The molecule has 5 unspecified atom stereocenters. The lowest BCUT2D eigenvalue weighted by atomic mass is 9.84. The van der Waals surface area contributed by atoms with Crippen LogP contribution in [0, 0.1) is 17.8 Å². The number of hydrogen-bond donors (Lipinski definition) is 1. The molecule has 6 heteroatoms. The molecule has 5 rings (SSSR count). The third-order valence-corrected chi connectivity index (χ3v) is 7.98. The summed E-state index contributed by atoms with van der Waals surface area (Å²) >= 11 is 0. The van der Waals surface area contributed by atoms with E-state index in [1.165, 1.54) is 31.2 Å². The van der Waals surface area contributed by atoms with E-state index in [0.717, 1.165) is 56.1 Å². The fourth-order valence-corrected chi connectivity index (χ4v) is 6.13. The van der Waals surface area contributed by atoms with Crippen molar-refractivity contribution < 1.29 is 14.3 Å². The first-order valence-corrected chi connectivity index (χ1v) is 11.7. The van der Waals surface area contributed by atoms with Gasteiger partial charge in [-0.1, -0.05) is 12.5 Å². The minimum absolute atomic E-state index is 0.0567. The highest BCUT2D eigenvalue weighted by Crippen LogP contribution is 2.49. The number of nitrogens with zero attached hydrogens (tertiary/aromatic N) is 2. The molecule has 0 aromatic heterocycles. The van der Waals surface area contributed by atoms with Gasteiger partial charge in [0.25, 0.3) is 0 Å². The molecule has 4 aliphatic rings. The number of ether oxygens (including phenoxy) is 2. The topological polar surface area (TPSA) is 54.0 Å². The number of fused-ring (bicyclic) bond motifs is 3. The molecule has 1 saturated heterocycles. The standard InChI is InChI=1S/C24H35N3O3/c1-16(21-12-18-3-5-20(21)11-18)25-24(28)17(2)27-9-7-26(8-10-27)14-19-4-6-22-23(13-19)30-15-29-22/h4,6,13,16-18,20-21H,3,5,7-12,14-15H2,1-2H3,(H,25,28). The Morgan fingerprint density at radius 1 is 1.10 bits per heavy atom. The van der Waals surface area contributed by atoms with Crippen LogP contribution in [0.3, 0.4) is 0 Å². The minimum atomic E-state index is -0.0567. The number of nitrogens with one attached hydrogen (secondary N) is 1. The molecule has 2 bridgehead atoms. The second kappa shape index (κ2) is 8.39. The molecule has 1 aromatic rings. The van der Waals surface area contributed by atoms with Crippen molar-refractivity contribution in [1.82, 2.24) is 15.1 Å². The van der Waals surface area contributed by atoms with Gasteiger partial charge < -0.3 is 14.8 Å². The number of hydrogen-bond acceptors (Lipinski definition) is 5. The second-order valence-electron chi connectivity index (χ2n) is 9.81. The minimum Gasteiger partial charge on any atom is -0.454 e. The normalized spacial score (nSPS) is 30.4. The first-order chi connectivity index (χ1) is 14.6. The van der Waals surface area contributed by atoms with Gasteiger partial charge in [0.05, 0.1) is 6.04 Å². The Labute approximate surface area is 179 Å². The van der Waals surface area contributed by atoms with Gasteiger partial charge in [0.1, 0.15) is 0 Å². The smallest absolute Gasteiger partial charge is 0.237 e. The van der Waals surface area contributed by atoms with Crippen LogP contribution in [-0.4, -0.2) is 60.8 Å². The molecule has 2 saturated carbocycles. The van der Waals surface area contributed by atoms with Crippen molar-refractivity contribution in [2.75, 3.05) is 33.0 Å². The SMILES string of the molecule is CC(NC(=O)C(C)N1CCN(Cc2ccc3c(c2)OCO3)CC1)C1CC2CCC1C2. The van der Waals surface area contributed by atoms with Crippen molar-refractivity contribution in [3.05, 3.63) is 23.8 Å². The number of benzene rings is 1. The van der Waals surface area contributed by atoms with Gasteiger partial charge in [-0.15, -0.1) is 0 Å². The molecule has 2 aliphatic carbocycles. The van der Waals surface area contributed by atoms with Crippen molar-refractivity contribution in [2.24, 2.45) is 17.8 Å². The molecule has 2 aliphatic heterocycles. The Morgan fingerprint density at radius 2 is 1.90 bits per heavy atom. The molecular weight excluding hydrogens is 378 g/mol. The van der Waals surface area contributed by atoms with Crippen LogP contribution in [0.1, 0.15) is 45.1 Å².